The normalized spacial score (nSPS) is 20.1. The highest BCUT2D eigenvalue weighted by molar-refractivity contribution is 7.10. The van der Waals surface area contributed by atoms with Gasteiger partial charge < -0.3 is 10.2 Å². The Morgan fingerprint density at radius 3 is 3.04 bits per heavy atom. The van der Waals surface area contributed by atoms with Crippen LogP contribution in [0, 0.1) is 0 Å². The number of amides is 1. The van der Waals surface area contributed by atoms with E-state index in [0.29, 0.717) is 18.5 Å². The number of aromatic nitrogens is 2. The van der Waals surface area contributed by atoms with E-state index in [1.54, 1.807) is 11.3 Å². The number of hydrogen-bond donors (Lipinski definition) is 1. The number of carbonyl (C=O) groups is 1. The van der Waals surface area contributed by atoms with Gasteiger partial charge in [-0.3, -0.25) is 4.79 Å². The van der Waals surface area contributed by atoms with Gasteiger partial charge in [-0.15, -0.1) is 11.3 Å². The molecule has 1 atom stereocenters. The molecule has 4 rings (SSSR count). The lowest BCUT2D eigenvalue weighted by Crippen LogP contribution is -2.36. The molecule has 0 bridgehead atoms. The second-order valence-corrected chi connectivity index (χ2v) is 8.16. The van der Waals surface area contributed by atoms with Gasteiger partial charge in [0.15, 0.2) is 0 Å². The second kappa shape index (κ2) is 6.84. The minimum Gasteiger partial charge on any atom is -0.334 e. The SMILES string of the molecule is CC(C)c1cc(C(=O)N2CCc3nc(C4CCCN4)ncc3C2)cs1. The molecule has 2 aromatic rings. The van der Waals surface area contributed by atoms with Crippen molar-refractivity contribution in [3.63, 3.8) is 0 Å². The molecule has 1 N–H and O–H groups in total. The summed E-state index contributed by atoms with van der Waals surface area (Å²) >= 11 is 1.67. The van der Waals surface area contributed by atoms with Crippen molar-refractivity contribution in [2.45, 2.75) is 51.6 Å². The molecule has 1 fully saturated rings. The van der Waals surface area contributed by atoms with E-state index in [2.05, 4.69) is 24.1 Å². The van der Waals surface area contributed by atoms with Gasteiger partial charge in [-0.25, -0.2) is 9.97 Å². The maximum Gasteiger partial charge on any atom is 0.255 e. The highest BCUT2D eigenvalue weighted by atomic mass is 32.1. The smallest absolute Gasteiger partial charge is 0.255 e. The largest absolute Gasteiger partial charge is 0.334 e. The molecule has 0 radical (unpaired) electrons. The molecule has 0 saturated carbocycles. The van der Waals surface area contributed by atoms with Crippen molar-refractivity contribution < 1.29 is 4.79 Å². The van der Waals surface area contributed by atoms with Crippen LogP contribution in [-0.4, -0.2) is 33.9 Å². The molecule has 25 heavy (non-hydrogen) atoms. The van der Waals surface area contributed by atoms with E-state index in [1.165, 1.54) is 11.3 Å². The maximum absolute atomic E-state index is 12.8. The molecule has 2 aliphatic rings. The molecule has 2 aromatic heterocycles. The highest BCUT2D eigenvalue weighted by Crippen LogP contribution is 2.26. The molecule has 1 unspecified atom stereocenters. The first-order valence-electron chi connectivity index (χ1n) is 9.07. The number of rotatable bonds is 3. The van der Waals surface area contributed by atoms with Crippen LogP contribution in [0.4, 0.5) is 0 Å². The monoisotopic (exact) mass is 356 g/mol. The average Bonchev–Trinajstić information content (AvgIpc) is 3.32. The Hall–Kier alpha value is -1.79. The first kappa shape index (κ1) is 16.7. The van der Waals surface area contributed by atoms with Gasteiger partial charge in [-0.1, -0.05) is 13.8 Å². The number of nitrogens with zero attached hydrogens (tertiary/aromatic N) is 3. The van der Waals surface area contributed by atoms with Crippen molar-refractivity contribution in [2.24, 2.45) is 0 Å². The summed E-state index contributed by atoms with van der Waals surface area (Å²) in [7, 11) is 0. The molecule has 0 aromatic carbocycles. The number of thiophene rings is 1. The second-order valence-electron chi connectivity index (χ2n) is 7.22. The minimum atomic E-state index is 0.121. The van der Waals surface area contributed by atoms with E-state index < -0.39 is 0 Å². The van der Waals surface area contributed by atoms with Crippen LogP contribution in [0.25, 0.3) is 0 Å². The van der Waals surface area contributed by atoms with Gasteiger partial charge in [0.2, 0.25) is 0 Å². The van der Waals surface area contributed by atoms with E-state index in [9.17, 15) is 4.79 Å². The first-order chi connectivity index (χ1) is 12.1. The van der Waals surface area contributed by atoms with E-state index >= 15 is 0 Å². The topological polar surface area (TPSA) is 58.1 Å². The molecule has 1 amide bonds. The van der Waals surface area contributed by atoms with Gasteiger partial charge in [-0.2, -0.15) is 0 Å². The molecule has 0 spiro atoms. The van der Waals surface area contributed by atoms with Crippen molar-refractivity contribution in [1.82, 2.24) is 20.2 Å². The summed E-state index contributed by atoms with van der Waals surface area (Å²) in [4.78, 5) is 25.3. The summed E-state index contributed by atoms with van der Waals surface area (Å²) in [6.45, 7) is 6.70. The molecule has 2 aliphatic heterocycles. The van der Waals surface area contributed by atoms with Gasteiger partial charge in [0.1, 0.15) is 5.82 Å². The Morgan fingerprint density at radius 1 is 1.44 bits per heavy atom. The van der Waals surface area contributed by atoms with Crippen molar-refractivity contribution >= 4 is 17.2 Å². The van der Waals surface area contributed by atoms with E-state index in [-0.39, 0.29) is 5.91 Å². The Bertz CT molecular complexity index is 779. The van der Waals surface area contributed by atoms with Crippen LogP contribution in [0.1, 0.15) is 71.0 Å². The Morgan fingerprint density at radius 2 is 2.32 bits per heavy atom. The van der Waals surface area contributed by atoms with Gasteiger partial charge >= 0.3 is 0 Å². The predicted octanol–water partition coefficient (Wildman–Crippen LogP) is 3.28. The van der Waals surface area contributed by atoms with Crippen molar-refractivity contribution in [3.05, 3.63) is 45.2 Å². The fraction of sp³-hybridized carbons (Fsp3) is 0.526. The van der Waals surface area contributed by atoms with Crippen LogP contribution in [0.5, 0.6) is 0 Å². The fourth-order valence-electron chi connectivity index (χ4n) is 3.53. The van der Waals surface area contributed by atoms with Crippen molar-refractivity contribution in [1.29, 1.82) is 0 Å². The van der Waals surface area contributed by atoms with Gasteiger partial charge in [0, 0.05) is 41.5 Å². The number of carbonyl (C=O) groups excluding carboxylic acids is 1. The molecule has 5 nitrogen and oxygen atoms in total. The Kier molecular flexibility index (Phi) is 4.56. The highest BCUT2D eigenvalue weighted by Gasteiger charge is 2.26. The Balaban J connectivity index is 1.49. The van der Waals surface area contributed by atoms with Crippen LogP contribution in [0.15, 0.2) is 17.6 Å². The molecule has 6 heteroatoms. The molecular weight excluding hydrogens is 332 g/mol. The van der Waals surface area contributed by atoms with Crippen LogP contribution in [0.2, 0.25) is 0 Å². The quantitative estimate of drug-likeness (QED) is 0.917. The predicted molar refractivity (Wildman–Crippen MR) is 98.9 cm³/mol. The van der Waals surface area contributed by atoms with Gasteiger partial charge in [0.25, 0.3) is 5.91 Å². The lowest BCUT2D eigenvalue weighted by atomic mass is 10.1. The van der Waals surface area contributed by atoms with Crippen molar-refractivity contribution in [2.75, 3.05) is 13.1 Å². The zero-order chi connectivity index (χ0) is 17.4. The fourth-order valence-corrected chi connectivity index (χ4v) is 4.43. The third-order valence-corrected chi connectivity index (χ3v) is 6.28. The van der Waals surface area contributed by atoms with Crippen LogP contribution in [0.3, 0.4) is 0 Å². The third-order valence-electron chi connectivity index (χ3n) is 5.05. The number of fused-ring (bicyclic) bond motifs is 1. The third kappa shape index (κ3) is 3.33. The van der Waals surface area contributed by atoms with Crippen LogP contribution in [-0.2, 0) is 13.0 Å². The maximum atomic E-state index is 12.8. The van der Waals surface area contributed by atoms with Crippen LogP contribution >= 0.6 is 11.3 Å². The summed E-state index contributed by atoms with van der Waals surface area (Å²) in [6, 6.07) is 2.34. The van der Waals surface area contributed by atoms with Crippen LogP contribution < -0.4 is 5.32 Å². The summed E-state index contributed by atoms with van der Waals surface area (Å²) in [5.41, 5.74) is 3.00. The first-order valence-corrected chi connectivity index (χ1v) is 9.95. The molecule has 0 aliphatic carbocycles. The standard InChI is InChI=1S/C19H24N4OS/c1-12(2)17-8-13(11-25-17)19(24)23-7-5-15-14(10-23)9-21-18(22-15)16-4-3-6-20-16/h8-9,11-12,16,20H,3-7,10H2,1-2H3. The molecule has 1 saturated heterocycles. The van der Waals surface area contributed by atoms with Gasteiger partial charge in [0.05, 0.1) is 17.3 Å². The van der Waals surface area contributed by atoms with E-state index in [1.807, 2.05) is 22.5 Å². The number of nitrogens with one attached hydrogen (secondary N) is 1. The average molecular weight is 356 g/mol. The minimum absolute atomic E-state index is 0.121. The zero-order valence-corrected chi connectivity index (χ0v) is 15.6. The molecule has 4 heterocycles. The zero-order valence-electron chi connectivity index (χ0n) is 14.8. The van der Waals surface area contributed by atoms with E-state index in [4.69, 9.17) is 4.98 Å². The number of hydrogen-bond acceptors (Lipinski definition) is 5. The molecular formula is C19H24N4OS. The summed E-state index contributed by atoms with van der Waals surface area (Å²) < 4.78 is 0. The summed E-state index contributed by atoms with van der Waals surface area (Å²) in [5.74, 6) is 1.50. The summed E-state index contributed by atoms with van der Waals surface area (Å²) in [6.07, 6.45) is 5.03. The summed E-state index contributed by atoms with van der Waals surface area (Å²) in [5, 5.41) is 5.44. The van der Waals surface area contributed by atoms with E-state index in [0.717, 1.165) is 48.6 Å². The lowest BCUT2D eigenvalue weighted by Gasteiger charge is -2.28. The molecule has 132 valence electrons. The van der Waals surface area contributed by atoms with Gasteiger partial charge in [-0.05, 0) is 31.4 Å². The van der Waals surface area contributed by atoms with Crippen molar-refractivity contribution in [3.8, 4) is 0 Å². The lowest BCUT2D eigenvalue weighted by molar-refractivity contribution is 0.0733. The Labute approximate surface area is 152 Å².